The van der Waals surface area contributed by atoms with E-state index in [-0.39, 0.29) is 53.9 Å². The number of carbonyl (C=O) groups excluding carboxylic acids is 1. The molecule has 5 aliphatic rings. The molecule has 0 aromatic heterocycles. The van der Waals surface area contributed by atoms with Crippen LogP contribution in [0.2, 0.25) is 5.31 Å². The number of ether oxygens (including phenoxy) is 3. The monoisotopic (exact) mass is 437 g/mol. The summed E-state index contributed by atoms with van der Waals surface area (Å²) in [5.74, 6) is 0.276. The molecule has 5 rings (SSSR count). The number of amides is 1. The molecular weight excluding hydrogens is 397 g/mol. The number of nitrogens with zero attached hydrogens (tertiary/aromatic N) is 1. The van der Waals surface area contributed by atoms with Gasteiger partial charge in [-0.15, -0.1) is 0 Å². The highest BCUT2D eigenvalue weighted by Crippen LogP contribution is 2.86. The molecular formula is C23H40BNO6. The van der Waals surface area contributed by atoms with Crippen molar-refractivity contribution in [3.63, 3.8) is 0 Å². The van der Waals surface area contributed by atoms with E-state index in [4.69, 9.17) is 23.5 Å². The summed E-state index contributed by atoms with van der Waals surface area (Å²) in [7, 11) is 1.40. The van der Waals surface area contributed by atoms with Crippen molar-refractivity contribution >= 4 is 13.2 Å². The molecule has 0 aromatic carbocycles. The number of likely N-dealkylation sites (tertiary alicyclic amines) is 1. The Morgan fingerprint density at radius 2 is 1.74 bits per heavy atom. The highest BCUT2D eigenvalue weighted by molar-refractivity contribution is 6.51. The SMILES string of the molecule is COCOC[C@@H]1C2(B3OC(C)(C)C(C)(C)O3)CC1(C1CCCN1C(=O)OC(C)(C)C)C2. The van der Waals surface area contributed by atoms with E-state index in [1.807, 2.05) is 25.7 Å². The van der Waals surface area contributed by atoms with E-state index in [9.17, 15) is 4.79 Å². The smallest absolute Gasteiger partial charge is 0.444 e. The van der Waals surface area contributed by atoms with Gasteiger partial charge < -0.3 is 28.4 Å². The Bertz CT molecular complexity index is 695. The Morgan fingerprint density at radius 1 is 1.13 bits per heavy atom. The van der Waals surface area contributed by atoms with E-state index in [1.54, 1.807) is 7.11 Å². The molecule has 2 atom stereocenters. The van der Waals surface area contributed by atoms with Gasteiger partial charge in [-0.2, -0.15) is 0 Å². The summed E-state index contributed by atoms with van der Waals surface area (Å²) in [4.78, 5) is 14.9. The molecule has 0 N–H and O–H groups in total. The largest absolute Gasteiger partial charge is 0.464 e. The average Bonchev–Trinajstić information content (AvgIpc) is 3.12. The van der Waals surface area contributed by atoms with E-state index in [2.05, 4.69) is 27.7 Å². The second kappa shape index (κ2) is 7.34. The minimum atomic E-state index is -0.492. The quantitative estimate of drug-likeness (QED) is 0.352. The van der Waals surface area contributed by atoms with Gasteiger partial charge in [0.25, 0.3) is 0 Å². The van der Waals surface area contributed by atoms with Crippen molar-refractivity contribution in [3.05, 3.63) is 0 Å². The lowest BCUT2D eigenvalue weighted by Crippen LogP contribution is -2.77. The Balaban J connectivity index is 1.53. The second-order valence-corrected chi connectivity index (χ2v) is 12.1. The molecule has 1 unspecified atom stereocenters. The molecule has 0 spiro atoms. The summed E-state index contributed by atoms with van der Waals surface area (Å²) in [5.41, 5.74) is -1.15. The van der Waals surface area contributed by atoms with Gasteiger partial charge in [-0.3, -0.25) is 0 Å². The van der Waals surface area contributed by atoms with Crippen molar-refractivity contribution in [1.82, 2.24) is 4.90 Å². The van der Waals surface area contributed by atoms with Crippen LogP contribution in [0.1, 0.15) is 74.1 Å². The third kappa shape index (κ3) is 3.53. The maximum Gasteiger partial charge on any atom is 0.464 e. The fourth-order valence-electron chi connectivity index (χ4n) is 6.34. The van der Waals surface area contributed by atoms with Gasteiger partial charge in [-0.05, 0) is 85.5 Å². The van der Waals surface area contributed by atoms with Crippen molar-refractivity contribution < 1.29 is 28.3 Å². The van der Waals surface area contributed by atoms with Gasteiger partial charge in [-0.25, -0.2) is 4.79 Å². The summed E-state index contributed by atoms with van der Waals surface area (Å²) < 4.78 is 29.7. The minimum Gasteiger partial charge on any atom is -0.444 e. The molecule has 2 bridgehead atoms. The van der Waals surface area contributed by atoms with E-state index in [1.165, 1.54) is 0 Å². The molecule has 0 aromatic rings. The standard InChI is InChI=1S/C23H40BNO6/c1-19(2,3)29-18(26)25-11-9-10-17(25)22-13-23(14-22,16(22)12-28-15-27-8)24-30-20(4,5)21(6,7)31-24/h16-17H,9-15H2,1-8H3/t16-,17?,22?,23?/m0/s1. The molecule has 2 saturated heterocycles. The van der Waals surface area contributed by atoms with E-state index < -0.39 is 5.60 Å². The lowest BCUT2D eigenvalue weighted by atomic mass is 9.18. The van der Waals surface area contributed by atoms with Crippen molar-refractivity contribution in [1.29, 1.82) is 0 Å². The Kier molecular flexibility index (Phi) is 5.53. The number of rotatable bonds is 6. The molecule has 1 amide bonds. The topological polar surface area (TPSA) is 66.5 Å². The summed E-state index contributed by atoms with van der Waals surface area (Å²) in [6.07, 6.45) is 3.84. The van der Waals surface area contributed by atoms with Crippen LogP contribution in [0.15, 0.2) is 0 Å². The number of methoxy groups -OCH3 is 1. The van der Waals surface area contributed by atoms with Gasteiger partial charge in [0.05, 0.1) is 17.8 Å². The van der Waals surface area contributed by atoms with E-state index in [0.717, 1.165) is 32.2 Å². The Morgan fingerprint density at radius 3 is 2.29 bits per heavy atom. The van der Waals surface area contributed by atoms with Gasteiger partial charge in [0.1, 0.15) is 12.4 Å². The second-order valence-electron chi connectivity index (χ2n) is 12.1. The lowest BCUT2D eigenvalue weighted by molar-refractivity contribution is -0.246. The van der Waals surface area contributed by atoms with Crippen LogP contribution in [0.5, 0.6) is 0 Å². The number of carbonyl (C=O) groups is 1. The van der Waals surface area contributed by atoms with Crippen LogP contribution in [0.25, 0.3) is 0 Å². The zero-order chi connectivity index (χ0) is 22.9. The van der Waals surface area contributed by atoms with Crippen molar-refractivity contribution in [2.75, 3.05) is 27.1 Å². The fourth-order valence-corrected chi connectivity index (χ4v) is 6.34. The molecule has 7 nitrogen and oxygen atoms in total. The van der Waals surface area contributed by atoms with Crippen LogP contribution in [-0.4, -0.2) is 68.0 Å². The van der Waals surface area contributed by atoms with Crippen LogP contribution in [0, 0.1) is 11.3 Å². The molecule has 0 radical (unpaired) electrons. The molecule has 3 saturated carbocycles. The molecule has 5 fully saturated rings. The van der Waals surface area contributed by atoms with Crippen LogP contribution in [0.4, 0.5) is 4.79 Å². The summed E-state index contributed by atoms with van der Waals surface area (Å²) in [6, 6.07) is 0.183. The lowest BCUT2D eigenvalue weighted by Gasteiger charge is -2.79. The highest BCUT2D eigenvalue weighted by atomic mass is 16.7. The predicted molar refractivity (Wildman–Crippen MR) is 118 cm³/mol. The van der Waals surface area contributed by atoms with Gasteiger partial charge in [-0.1, -0.05) is 0 Å². The Labute approximate surface area is 187 Å². The number of hydrogen-bond acceptors (Lipinski definition) is 6. The summed E-state index contributed by atoms with van der Waals surface area (Å²) in [5, 5.41) is -0.0546. The summed E-state index contributed by atoms with van der Waals surface area (Å²) >= 11 is 0. The first-order valence-electron chi connectivity index (χ1n) is 11.7. The van der Waals surface area contributed by atoms with Crippen LogP contribution in [-0.2, 0) is 23.5 Å². The third-order valence-electron chi connectivity index (χ3n) is 8.46. The summed E-state index contributed by atoms with van der Waals surface area (Å²) in [6.45, 7) is 15.8. The van der Waals surface area contributed by atoms with E-state index in [0.29, 0.717) is 6.61 Å². The van der Waals surface area contributed by atoms with Crippen molar-refractivity contribution in [2.45, 2.75) is 102 Å². The molecule has 2 heterocycles. The fraction of sp³-hybridized carbons (Fsp3) is 0.957. The third-order valence-corrected chi connectivity index (χ3v) is 8.46. The zero-order valence-corrected chi connectivity index (χ0v) is 20.6. The number of hydrogen-bond donors (Lipinski definition) is 0. The van der Waals surface area contributed by atoms with Gasteiger partial charge in [0.15, 0.2) is 0 Å². The maximum atomic E-state index is 13.0. The molecule has 3 aliphatic carbocycles. The zero-order valence-electron chi connectivity index (χ0n) is 20.6. The maximum absolute atomic E-state index is 13.0. The first-order valence-corrected chi connectivity index (χ1v) is 11.7. The van der Waals surface area contributed by atoms with Crippen LogP contribution < -0.4 is 0 Å². The van der Waals surface area contributed by atoms with Crippen LogP contribution in [0.3, 0.4) is 0 Å². The van der Waals surface area contributed by atoms with Gasteiger partial charge in [0.2, 0.25) is 0 Å². The first-order chi connectivity index (χ1) is 14.3. The van der Waals surface area contributed by atoms with Gasteiger partial charge in [0, 0.05) is 25.0 Å². The van der Waals surface area contributed by atoms with Crippen LogP contribution >= 0.6 is 0 Å². The molecule has 176 valence electrons. The molecule has 31 heavy (non-hydrogen) atoms. The van der Waals surface area contributed by atoms with E-state index >= 15 is 0 Å². The Hall–Kier alpha value is -0.825. The van der Waals surface area contributed by atoms with Gasteiger partial charge >= 0.3 is 13.2 Å². The average molecular weight is 437 g/mol. The minimum absolute atomic E-state index is 0.0464. The normalized spacial score (nSPS) is 38.1. The predicted octanol–water partition coefficient (Wildman–Crippen LogP) is 4.25. The van der Waals surface area contributed by atoms with Crippen molar-refractivity contribution in [3.8, 4) is 0 Å². The highest BCUT2D eigenvalue weighted by Gasteiger charge is 2.84. The van der Waals surface area contributed by atoms with Crippen molar-refractivity contribution in [2.24, 2.45) is 11.3 Å². The first kappa shape index (κ1) is 23.3. The molecule has 8 heteroatoms. The molecule has 2 aliphatic heterocycles.